The SMILES string of the molecule is CN(C)CCN1C(=O)COc2cc(Nc3ccc(N4CCC(C(F)(F)F)CC4)cc3)ccc21. The second-order valence-electron chi connectivity index (χ2n) is 8.79. The summed E-state index contributed by atoms with van der Waals surface area (Å²) in [5, 5.41) is 3.33. The molecule has 2 aliphatic heterocycles. The van der Waals surface area contributed by atoms with Crippen LogP contribution in [0.25, 0.3) is 0 Å². The Bertz CT molecular complexity index is 971. The third-order valence-corrected chi connectivity index (χ3v) is 6.15. The lowest BCUT2D eigenvalue weighted by Gasteiger charge is -2.34. The summed E-state index contributed by atoms with van der Waals surface area (Å²) in [7, 11) is 3.93. The molecule has 0 radical (unpaired) electrons. The lowest BCUT2D eigenvalue weighted by Crippen LogP contribution is -2.42. The van der Waals surface area contributed by atoms with Crippen LogP contribution in [-0.2, 0) is 4.79 Å². The van der Waals surface area contributed by atoms with Crippen molar-refractivity contribution in [1.82, 2.24) is 4.90 Å². The minimum absolute atomic E-state index is 0.0175. The summed E-state index contributed by atoms with van der Waals surface area (Å²) in [5.74, 6) is -0.600. The quantitative estimate of drug-likeness (QED) is 0.685. The van der Waals surface area contributed by atoms with E-state index in [1.54, 1.807) is 4.90 Å². The van der Waals surface area contributed by atoms with Gasteiger partial charge in [-0.25, -0.2) is 0 Å². The summed E-state index contributed by atoms with van der Waals surface area (Å²) < 4.78 is 44.3. The maximum atomic E-state index is 12.9. The molecule has 6 nitrogen and oxygen atoms in total. The number of fused-ring (bicyclic) bond motifs is 1. The summed E-state index contributed by atoms with van der Waals surface area (Å²) in [6.45, 7) is 2.18. The van der Waals surface area contributed by atoms with E-state index in [1.807, 2.05) is 66.4 Å². The minimum Gasteiger partial charge on any atom is -0.481 e. The van der Waals surface area contributed by atoms with Crippen molar-refractivity contribution in [3.05, 3.63) is 42.5 Å². The number of nitrogens with one attached hydrogen (secondary N) is 1. The number of carbonyl (C=O) groups excluding carboxylic acids is 1. The van der Waals surface area contributed by atoms with E-state index in [0.29, 0.717) is 25.4 Å². The molecule has 4 rings (SSSR count). The van der Waals surface area contributed by atoms with Crippen LogP contribution in [0.4, 0.5) is 35.9 Å². The second kappa shape index (κ2) is 9.51. The Hall–Kier alpha value is -2.94. The van der Waals surface area contributed by atoms with Gasteiger partial charge in [0.25, 0.3) is 5.91 Å². The van der Waals surface area contributed by atoms with Crippen LogP contribution in [0.3, 0.4) is 0 Å². The number of amides is 1. The van der Waals surface area contributed by atoms with Crippen molar-refractivity contribution in [1.29, 1.82) is 0 Å². The summed E-state index contributed by atoms with van der Waals surface area (Å²) in [4.78, 5) is 18.1. The third-order valence-electron chi connectivity index (χ3n) is 6.15. The Morgan fingerprint density at radius 1 is 1.06 bits per heavy atom. The first kappa shape index (κ1) is 23.2. The van der Waals surface area contributed by atoms with Gasteiger partial charge in [-0.1, -0.05) is 0 Å². The van der Waals surface area contributed by atoms with E-state index in [9.17, 15) is 18.0 Å². The van der Waals surface area contributed by atoms with Crippen LogP contribution in [-0.4, -0.2) is 63.9 Å². The zero-order valence-electron chi connectivity index (χ0n) is 18.9. The fourth-order valence-electron chi connectivity index (χ4n) is 4.21. The van der Waals surface area contributed by atoms with Gasteiger partial charge in [0.1, 0.15) is 5.75 Å². The van der Waals surface area contributed by atoms with Crippen molar-refractivity contribution >= 4 is 28.7 Å². The lowest BCUT2D eigenvalue weighted by molar-refractivity contribution is -0.179. The number of anilines is 4. The van der Waals surface area contributed by atoms with Gasteiger partial charge in [0.15, 0.2) is 6.61 Å². The van der Waals surface area contributed by atoms with Crippen LogP contribution in [0.2, 0.25) is 0 Å². The van der Waals surface area contributed by atoms with E-state index in [4.69, 9.17) is 4.74 Å². The van der Waals surface area contributed by atoms with E-state index >= 15 is 0 Å². The van der Waals surface area contributed by atoms with Gasteiger partial charge in [0, 0.05) is 49.3 Å². The molecule has 2 aromatic rings. The number of benzene rings is 2. The minimum atomic E-state index is -4.10. The molecule has 0 aromatic heterocycles. The highest BCUT2D eigenvalue weighted by Gasteiger charge is 2.41. The number of rotatable bonds is 6. The van der Waals surface area contributed by atoms with Crippen LogP contribution in [0.1, 0.15) is 12.8 Å². The smallest absolute Gasteiger partial charge is 0.391 e. The third kappa shape index (κ3) is 5.52. The predicted molar refractivity (Wildman–Crippen MR) is 124 cm³/mol. The second-order valence-corrected chi connectivity index (χ2v) is 8.79. The number of piperidine rings is 1. The molecular weight excluding hydrogens is 433 g/mol. The Balaban J connectivity index is 1.39. The first-order chi connectivity index (χ1) is 15.7. The molecule has 0 saturated carbocycles. The van der Waals surface area contributed by atoms with Crippen molar-refractivity contribution in [2.75, 3.05) is 62.0 Å². The molecule has 0 bridgehead atoms. The summed E-state index contributed by atoms with van der Waals surface area (Å²) in [5.41, 5.74) is 3.37. The number of hydrogen-bond acceptors (Lipinski definition) is 5. The monoisotopic (exact) mass is 462 g/mol. The van der Waals surface area contributed by atoms with Gasteiger partial charge in [-0.05, 0) is 63.3 Å². The van der Waals surface area contributed by atoms with Crippen LogP contribution >= 0.6 is 0 Å². The standard InChI is InChI=1S/C24H29F3N4O2/c1-29(2)13-14-31-21-8-5-19(15-22(21)33-16-23(31)32)28-18-3-6-20(7-4-18)30-11-9-17(10-12-30)24(25,26)27/h3-8,15,17,28H,9-14,16H2,1-2H3. The largest absolute Gasteiger partial charge is 0.481 e. The van der Waals surface area contributed by atoms with Crippen LogP contribution in [0.5, 0.6) is 5.75 Å². The highest BCUT2D eigenvalue weighted by atomic mass is 19.4. The van der Waals surface area contributed by atoms with E-state index in [2.05, 4.69) is 5.32 Å². The number of hydrogen-bond donors (Lipinski definition) is 1. The zero-order valence-corrected chi connectivity index (χ0v) is 18.9. The molecule has 2 heterocycles. The first-order valence-corrected chi connectivity index (χ1v) is 11.1. The van der Waals surface area contributed by atoms with E-state index in [-0.39, 0.29) is 25.4 Å². The molecule has 9 heteroatoms. The van der Waals surface area contributed by atoms with Crippen molar-refractivity contribution in [3.63, 3.8) is 0 Å². The molecular formula is C24H29F3N4O2. The van der Waals surface area contributed by atoms with E-state index in [0.717, 1.165) is 29.3 Å². The summed E-state index contributed by atoms with van der Waals surface area (Å²) >= 11 is 0. The maximum absolute atomic E-state index is 12.9. The number of nitrogens with zero attached hydrogens (tertiary/aromatic N) is 3. The van der Waals surface area contributed by atoms with Crippen LogP contribution < -0.4 is 19.9 Å². The maximum Gasteiger partial charge on any atom is 0.391 e. The molecule has 1 saturated heterocycles. The molecule has 2 aromatic carbocycles. The van der Waals surface area contributed by atoms with Gasteiger partial charge in [-0.2, -0.15) is 13.2 Å². The molecule has 178 valence electrons. The molecule has 1 fully saturated rings. The average Bonchev–Trinajstić information content (AvgIpc) is 2.78. The normalized spacial score (nSPS) is 17.2. The molecule has 33 heavy (non-hydrogen) atoms. The van der Waals surface area contributed by atoms with Gasteiger partial charge >= 0.3 is 6.18 Å². The van der Waals surface area contributed by atoms with E-state index in [1.165, 1.54) is 0 Å². The highest BCUT2D eigenvalue weighted by molar-refractivity contribution is 5.98. The Morgan fingerprint density at radius 3 is 2.36 bits per heavy atom. The molecule has 0 spiro atoms. The molecule has 1 N–H and O–H groups in total. The number of likely N-dealkylation sites (N-methyl/N-ethyl adjacent to an activating group) is 1. The Morgan fingerprint density at radius 2 is 1.73 bits per heavy atom. The van der Waals surface area contributed by atoms with Gasteiger partial charge in [-0.3, -0.25) is 4.79 Å². The Labute approximate surface area is 191 Å². The van der Waals surface area contributed by atoms with Gasteiger partial charge < -0.3 is 24.8 Å². The van der Waals surface area contributed by atoms with Gasteiger partial charge in [0.05, 0.1) is 11.6 Å². The van der Waals surface area contributed by atoms with E-state index < -0.39 is 12.1 Å². The predicted octanol–water partition coefficient (Wildman–Crippen LogP) is 4.50. The lowest BCUT2D eigenvalue weighted by atomic mass is 9.96. The summed E-state index contributed by atoms with van der Waals surface area (Å²) in [6, 6.07) is 13.3. The molecule has 2 aliphatic rings. The fourth-order valence-corrected chi connectivity index (χ4v) is 4.21. The molecule has 0 atom stereocenters. The molecule has 0 unspecified atom stereocenters. The van der Waals surface area contributed by atoms with Crippen LogP contribution in [0.15, 0.2) is 42.5 Å². The molecule has 0 aliphatic carbocycles. The van der Waals surface area contributed by atoms with Gasteiger partial charge in [0.2, 0.25) is 0 Å². The highest BCUT2D eigenvalue weighted by Crippen LogP contribution is 2.37. The van der Waals surface area contributed by atoms with Crippen molar-refractivity contribution in [2.45, 2.75) is 19.0 Å². The van der Waals surface area contributed by atoms with Gasteiger partial charge in [-0.15, -0.1) is 0 Å². The fraction of sp³-hybridized carbons (Fsp3) is 0.458. The van der Waals surface area contributed by atoms with Crippen LogP contribution in [0, 0.1) is 5.92 Å². The van der Waals surface area contributed by atoms with Crippen molar-refractivity contribution in [2.24, 2.45) is 5.92 Å². The number of alkyl halides is 3. The summed E-state index contributed by atoms with van der Waals surface area (Å²) in [6.07, 6.45) is -3.84. The zero-order chi connectivity index (χ0) is 23.6. The number of carbonyl (C=O) groups is 1. The van der Waals surface area contributed by atoms with Crippen molar-refractivity contribution in [3.8, 4) is 5.75 Å². The Kier molecular flexibility index (Phi) is 6.69. The number of halogens is 3. The first-order valence-electron chi connectivity index (χ1n) is 11.1. The topological polar surface area (TPSA) is 48.1 Å². The van der Waals surface area contributed by atoms with Crippen molar-refractivity contribution < 1.29 is 22.7 Å². The number of ether oxygens (including phenoxy) is 1. The molecule has 1 amide bonds. The average molecular weight is 463 g/mol.